The van der Waals surface area contributed by atoms with Crippen molar-refractivity contribution in [1.29, 1.82) is 0 Å². The van der Waals surface area contributed by atoms with Gasteiger partial charge in [-0.2, -0.15) is 4.73 Å². The van der Waals surface area contributed by atoms with Gasteiger partial charge in [-0.3, -0.25) is 15.2 Å². The average molecular weight is 266 g/mol. The molecule has 96 valence electrons. The number of pyridine rings is 1. The molecule has 0 fully saturated rings. The normalized spacial score (nSPS) is 9.39. The molecule has 1 aromatic rings. The molecule has 0 spiro atoms. The number of thiocarbonyl (C=S) groups is 1. The number of amides is 1. The van der Waals surface area contributed by atoms with Gasteiger partial charge in [0.1, 0.15) is 0 Å². The highest BCUT2D eigenvalue weighted by molar-refractivity contribution is 7.80. The number of hydrogen-bond acceptors (Lipinski definition) is 3. The first-order valence-corrected chi connectivity index (χ1v) is 5.58. The van der Waals surface area contributed by atoms with Crippen molar-refractivity contribution in [1.82, 2.24) is 15.8 Å². The van der Waals surface area contributed by atoms with Gasteiger partial charge in [-0.25, -0.2) is 0 Å². The van der Waals surface area contributed by atoms with Crippen LogP contribution in [-0.4, -0.2) is 29.6 Å². The maximum absolute atomic E-state index is 11.8. The molecule has 0 unspecified atom stereocenters. The fourth-order valence-electron chi connectivity index (χ4n) is 1.14. The lowest BCUT2D eigenvalue weighted by atomic mass is 10.3. The molecule has 0 saturated heterocycles. The number of carbonyl (C=O) groups excluding carboxylic acids is 1. The molecule has 6 nitrogen and oxygen atoms in total. The van der Waals surface area contributed by atoms with Gasteiger partial charge in [0.15, 0.2) is 11.3 Å². The van der Waals surface area contributed by atoms with E-state index in [1.165, 1.54) is 17.3 Å². The third kappa shape index (κ3) is 3.70. The van der Waals surface area contributed by atoms with Crippen LogP contribution in [0.5, 0.6) is 0 Å². The van der Waals surface area contributed by atoms with E-state index in [0.29, 0.717) is 16.4 Å². The van der Waals surface area contributed by atoms with Crippen molar-refractivity contribution in [3.63, 3.8) is 0 Å². The van der Waals surface area contributed by atoms with Crippen molar-refractivity contribution in [3.05, 3.63) is 48.0 Å². The summed E-state index contributed by atoms with van der Waals surface area (Å²) in [6, 6.07) is 4.58. The highest BCUT2D eigenvalue weighted by atomic mass is 32.1. The fourth-order valence-corrected chi connectivity index (χ4v) is 1.27. The largest absolute Gasteiger partial charge is 0.618 e. The average Bonchev–Trinajstić information content (AvgIpc) is 2.36. The summed E-state index contributed by atoms with van der Waals surface area (Å²) in [6.45, 7) is 4.03. The Kier molecular flexibility index (Phi) is 5.06. The zero-order valence-electron chi connectivity index (χ0n) is 9.92. The van der Waals surface area contributed by atoms with Crippen molar-refractivity contribution >= 4 is 23.2 Å². The van der Waals surface area contributed by atoms with E-state index in [2.05, 4.69) is 17.3 Å². The van der Waals surface area contributed by atoms with Crippen molar-refractivity contribution in [3.8, 4) is 0 Å². The van der Waals surface area contributed by atoms with Crippen molar-refractivity contribution in [2.45, 2.75) is 0 Å². The predicted octanol–water partition coefficient (Wildman–Crippen LogP) is -0.0429. The van der Waals surface area contributed by atoms with E-state index in [1.807, 2.05) is 0 Å². The van der Waals surface area contributed by atoms with E-state index in [9.17, 15) is 10.0 Å². The molecule has 2 N–H and O–H groups in total. The smallest absolute Gasteiger partial charge is 0.335 e. The van der Waals surface area contributed by atoms with Crippen LogP contribution in [0.15, 0.2) is 37.1 Å². The van der Waals surface area contributed by atoms with Crippen LogP contribution in [0, 0.1) is 5.21 Å². The van der Waals surface area contributed by atoms with Crippen LogP contribution >= 0.6 is 12.2 Å². The van der Waals surface area contributed by atoms with Gasteiger partial charge in [0.05, 0.1) is 0 Å². The third-order valence-electron chi connectivity index (χ3n) is 2.03. The maximum Gasteiger partial charge on any atom is 0.335 e. The first kappa shape index (κ1) is 13.9. The number of carbonyl (C=O) groups is 1. The molecule has 1 amide bonds. The molecule has 0 bridgehead atoms. The van der Waals surface area contributed by atoms with Crippen LogP contribution in [0.25, 0.3) is 0 Å². The Morgan fingerprint density at radius 2 is 2.39 bits per heavy atom. The fraction of sp³-hybridized carbons (Fsp3) is 0.182. The monoisotopic (exact) mass is 266 g/mol. The van der Waals surface area contributed by atoms with E-state index >= 15 is 0 Å². The minimum atomic E-state index is -0.532. The summed E-state index contributed by atoms with van der Waals surface area (Å²) in [5, 5.41) is 15.9. The number of aromatic nitrogens is 1. The molecule has 0 aliphatic carbocycles. The molecular formula is C11H14N4O2S. The van der Waals surface area contributed by atoms with E-state index in [-0.39, 0.29) is 5.69 Å². The van der Waals surface area contributed by atoms with Crippen LogP contribution in [0.3, 0.4) is 0 Å². The molecule has 18 heavy (non-hydrogen) atoms. The molecule has 1 aromatic heterocycles. The quantitative estimate of drug-likeness (QED) is 0.264. The molecule has 0 aliphatic rings. The van der Waals surface area contributed by atoms with Crippen molar-refractivity contribution < 1.29 is 9.52 Å². The molecule has 1 heterocycles. The molecule has 1 rings (SSSR count). The number of nitrogens with one attached hydrogen (secondary N) is 2. The number of nitrogens with zero attached hydrogens (tertiary/aromatic N) is 2. The highest BCUT2D eigenvalue weighted by Crippen LogP contribution is 1.92. The Morgan fingerprint density at radius 1 is 1.67 bits per heavy atom. The summed E-state index contributed by atoms with van der Waals surface area (Å²) in [5.74, 6) is -0.532. The molecular weight excluding hydrogens is 252 g/mol. The van der Waals surface area contributed by atoms with E-state index in [4.69, 9.17) is 12.2 Å². The Morgan fingerprint density at radius 3 is 3.00 bits per heavy atom. The minimum absolute atomic E-state index is 0.00382. The topological polar surface area (TPSA) is 71.3 Å². The maximum atomic E-state index is 11.8. The summed E-state index contributed by atoms with van der Waals surface area (Å²) in [5.41, 5.74) is 2.48. The Labute approximate surface area is 110 Å². The van der Waals surface area contributed by atoms with Gasteiger partial charge in [-0.15, -0.1) is 6.58 Å². The Bertz CT molecular complexity index is 464. The summed E-state index contributed by atoms with van der Waals surface area (Å²) < 4.78 is 0.489. The van der Waals surface area contributed by atoms with E-state index in [1.54, 1.807) is 25.3 Å². The van der Waals surface area contributed by atoms with Crippen LogP contribution in [-0.2, 0) is 0 Å². The van der Waals surface area contributed by atoms with Gasteiger partial charge >= 0.3 is 5.91 Å². The SMILES string of the molecule is C=CCNC(=S)N(C)NC(=O)c1cccc[n+]1[O-]. The van der Waals surface area contributed by atoms with Gasteiger partial charge in [0, 0.05) is 25.7 Å². The molecule has 0 atom stereocenters. The van der Waals surface area contributed by atoms with Gasteiger partial charge in [0.2, 0.25) is 0 Å². The van der Waals surface area contributed by atoms with Crippen molar-refractivity contribution in [2.75, 3.05) is 13.6 Å². The molecule has 0 saturated carbocycles. The van der Waals surface area contributed by atoms with E-state index < -0.39 is 5.91 Å². The van der Waals surface area contributed by atoms with Gasteiger partial charge < -0.3 is 10.5 Å². The number of hydrogen-bond donors (Lipinski definition) is 2. The Hall–Kier alpha value is -2.15. The Balaban J connectivity index is 2.62. The highest BCUT2D eigenvalue weighted by Gasteiger charge is 2.17. The minimum Gasteiger partial charge on any atom is -0.618 e. The van der Waals surface area contributed by atoms with Gasteiger partial charge in [-0.05, 0) is 18.3 Å². The first-order chi connectivity index (χ1) is 8.56. The van der Waals surface area contributed by atoms with Gasteiger partial charge in [-0.1, -0.05) is 6.08 Å². The molecule has 0 aliphatic heterocycles. The lowest BCUT2D eigenvalue weighted by Crippen LogP contribution is -2.50. The van der Waals surface area contributed by atoms with Crippen molar-refractivity contribution in [2.24, 2.45) is 0 Å². The standard InChI is InChI=1S/C11H14N4O2S/c1-3-7-12-11(18)14(2)13-10(16)9-6-4-5-8-15(9)17/h3-6,8H,1,7H2,2H3,(H,12,18)(H,13,16). The second-order valence-corrected chi connectivity index (χ2v) is 3.77. The third-order valence-corrected chi connectivity index (χ3v) is 2.45. The second kappa shape index (κ2) is 6.55. The van der Waals surface area contributed by atoms with Crippen LogP contribution in [0.4, 0.5) is 0 Å². The summed E-state index contributed by atoms with van der Waals surface area (Å²) in [4.78, 5) is 11.8. The summed E-state index contributed by atoms with van der Waals surface area (Å²) in [6.07, 6.45) is 2.90. The summed E-state index contributed by atoms with van der Waals surface area (Å²) >= 11 is 5.01. The molecule has 0 aromatic carbocycles. The van der Waals surface area contributed by atoms with Crippen LogP contribution in [0.2, 0.25) is 0 Å². The van der Waals surface area contributed by atoms with Crippen LogP contribution in [0.1, 0.15) is 10.5 Å². The summed E-state index contributed by atoms with van der Waals surface area (Å²) in [7, 11) is 1.58. The number of rotatable bonds is 3. The predicted molar refractivity (Wildman–Crippen MR) is 71.4 cm³/mol. The lowest BCUT2D eigenvalue weighted by Gasteiger charge is -2.20. The first-order valence-electron chi connectivity index (χ1n) is 5.18. The van der Waals surface area contributed by atoms with E-state index in [0.717, 1.165) is 0 Å². The molecule has 0 radical (unpaired) electrons. The number of hydrazine groups is 1. The second-order valence-electron chi connectivity index (χ2n) is 3.39. The van der Waals surface area contributed by atoms with Gasteiger partial charge in [0.25, 0.3) is 5.69 Å². The zero-order chi connectivity index (χ0) is 13.5. The molecule has 7 heteroatoms. The zero-order valence-corrected chi connectivity index (χ0v) is 10.7. The lowest BCUT2D eigenvalue weighted by molar-refractivity contribution is -0.607. The van der Waals surface area contributed by atoms with Crippen LogP contribution < -0.4 is 15.5 Å².